The van der Waals surface area contributed by atoms with Crippen LogP contribution in [0.5, 0.6) is 0 Å². The minimum absolute atomic E-state index is 0.0540. The van der Waals surface area contributed by atoms with Crippen molar-refractivity contribution < 1.29 is 20.1 Å². The van der Waals surface area contributed by atoms with Gasteiger partial charge in [-0.05, 0) is 10.4 Å². The van der Waals surface area contributed by atoms with Crippen molar-refractivity contribution >= 4 is 5.97 Å². The molecule has 1 unspecified atom stereocenters. The van der Waals surface area contributed by atoms with Crippen LogP contribution in [0.3, 0.4) is 0 Å². The van der Waals surface area contributed by atoms with E-state index in [-0.39, 0.29) is 19.4 Å². The van der Waals surface area contributed by atoms with E-state index >= 15 is 0 Å². The van der Waals surface area contributed by atoms with E-state index in [4.69, 9.17) is 15.3 Å². The number of rotatable bonds is 6. The fourth-order valence-corrected chi connectivity index (χ4v) is 1.02. The first-order chi connectivity index (χ1) is 7.13. The Morgan fingerprint density at radius 2 is 2.27 bits per heavy atom. The van der Waals surface area contributed by atoms with Crippen LogP contribution in [0.15, 0.2) is 0 Å². The quantitative estimate of drug-likeness (QED) is 0.504. The molecule has 0 fully saturated rings. The van der Waals surface area contributed by atoms with Gasteiger partial charge in [0.15, 0.2) is 5.82 Å². The molecule has 1 aromatic heterocycles. The van der Waals surface area contributed by atoms with Crippen molar-refractivity contribution in [3.05, 3.63) is 5.82 Å². The highest BCUT2D eigenvalue weighted by molar-refractivity contribution is 5.66. The molecule has 0 aliphatic carbocycles. The van der Waals surface area contributed by atoms with E-state index in [1.54, 1.807) is 0 Å². The number of nitrogens with zero attached hydrogens (tertiary/aromatic N) is 4. The van der Waals surface area contributed by atoms with Gasteiger partial charge in [0.25, 0.3) is 0 Å². The fourth-order valence-electron chi connectivity index (χ4n) is 1.02. The van der Waals surface area contributed by atoms with Gasteiger partial charge in [0.1, 0.15) is 0 Å². The molecule has 0 aliphatic heterocycles. The lowest BCUT2D eigenvalue weighted by molar-refractivity contribution is -0.137. The van der Waals surface area contributed by atoms with Gasteiger partial charge in [-0.15, -0.1) is 5.10 Å². The van der Waals surface area contributed by atoms with E-state index in [1.165, 1.54) is 4.68 Å². The van der Waals surface area contributed by atoms with Gasteiger partial charge in [0.2, 0.25) is 0 Å². The highest BCUT2D eigenvalue weighted by atomic mass is 16.4. The Balaban J connectivity index is 2.56. The van der Waals surface area contributed by atoms with Crippen LogP contribution in [-0.2, 0) is 17.8 Å². The van der Waals surface area contributed by atoms with Gasteiger partial charge in [-0.3, -0.25) is 4.79 Å². The standard InChI is InChI=1S/C7H12N4O4/c12-4-5(13)3-11-6(8-9-10-11)1-2-7(14)15/h5,12-13H,1-4H2,(H,14,15). The van der Waals surface area contributed by atoms with Gasteiger partial charge in [-0.25, -0.2) is 4.68 Å². The molecule has 8 heteroatoms. The first-order valence-corrected chi connectivity index (χ1v) is 4.39. The van der Waals surface area contributed by atoms with Gasteiger partial charge < -0.3 is 15.3 Å². The number of hydrogen-bond donors (Lipinski definition) is 3. The molecule has 3 N–H and O–H groups in total. The van der Waals surface area contributed by atoms with Crippen molar-refractivity contribution in [3.63, 3.8) is 0 Å². The molecule has 0 radical (unpaired) electrons. The van der Waals surface area contributed by atoms with Crippen LogP contribution in [0.2, 0.25) is 0 Å². The summed E-state index contributed by atoms with van der Waals surface area (Å²) in [5.74, 6) is -0.558. The van der Waals surface area contributed by atoms with Crippen molar-refractivity contribution in [1.29, 1.82) is 0 Å². The Labute approximate surface area is 85.1 Å². The minimum atomic E-state index is -0.947. The summed E-state index contributed by atoms with van der Waals surface area (Å²) in [7, 11) is 0. The molecule has 1 rings (SSSR count). The summed E-state index contributed by atoms with van der Waals surface area (Å²) in [5, 5.41) is 36.8. The zero-order valence-corrected chi connectivity index (χ0v) is 7.94. The van der Waals surface area contributed by atoms with Crippen molar-refractivity contribution in [3.8, 4) is 0 Å². The highest BCUT2D eigenvalue weighted by Gasteiger charge is 2.11. The number of carboxylic acid groups (broad SMARTS) is 1. The van der Waals surface area contributed by atoms with Crippen molar-refractivity contribution in [2.24, 2.45) is 0 Å². The minimum Gasteiger partial charge on any atom is -0.481 e. The molecule has 1 atom stereocenters. The van der Waals surface area contributed by atoms with Crippen molar-refractivity contribution in [2.45, 2.75) is 25.5 Å². The summed E-state index contributed by atoms with van der Waals surface area (Å²) in [6.07, 6.45) is -0.826. The largest absolute Gasteiger partial charge is 0.481 e. The molecule has 1 aromatic rings. The number of carbonyl (C=O) groups is 1. The zero-order valence-electron chi connectivity index (χ0n) is 7.94. The van der Waals surface area contributed by atoms with E-state index in [9.17, 15) is 4.79 Å². The topological polar surface area (TPSA) is 121 Å². The molecule has 1 heterocycles. The second-order valence-corrected chi connectivity index (χ2v) is 3.01. The lowest BCUT2D eigenvalue weighted by Crippen LogP contribution is -2.22. The van der Waals surface area contributed by atoms with Gasteiger partial charge >= 0.3 is 5.97 Å². The lowest BCUT2D eigenvalue weighted by Gasteiger charge is -2.07. The van der Waals surface area contributed by atoms with E-state index in [0.29, 0.717) is 5.82 Å². The van der Waals surface area contributed by atoms with Crippen molar-refractivity contribution in [2.75, 3.05) is 6.61 Å². The SMILES string of the molecule is O=C(O)CCc1nnnn1CC(O)CO. The van der Waals surface area contributed by atoms with Crippen LogP contribution < -0.4 is 0 Å². The Kier molecular flexibility index (Phi) is 4.13. The third-order valence-electron chi connectivity index (χ3n) is 1.76. The molecular weight excluding hydrogens is 204 g/mol. The Morgan fingerprint density at radius 1 is 1.53 bits per heavy atom. The summed E-state index contributed by atoms with van der Waals surface area (Å²) in [6.45, 7) is -0.337. The highest BCUT2D eigenvalue weighted by Crippen LogP contribution is 1.99. The van der Waals surface area contributed by atoms with E-state index in [0.717, 1.165) is 0 Å². The second kappa shape index (κ2) is 5.37. The van der Waals surface area contributed by atoms with Gasteiger partial charge in [0.05, 0.1) is 25.7 Å². The molecular formula is C7H12N4O4. The average molecular weight is 216 g/mol. The molecule has 15 heavy (non-hydrogen) atoms. The van der Waals surface area contributed by atoms with E-state index in [1.807, 2.05) is 0 Å². The van der Waals surface area contributed by atoms with Crippen LogP contribution in [0.25, 0.3) is 0 Å². The molecule has 8 nitrogen and oxygen atoms in total. The lowest BCUT2D eigenvalue weighted by atomic mass is 10.3. The molecule has 0 saturated carbocycles. The second-order valence-electron chi connectivity index (χ2n) is 3.01. The summed E-state index contributed by atoms with van der Waals surface area (Å²) >= 11 is 0. The summed E-state index contributed by atoms with van der Waals surface area (Å²) < 4.78 is 1.28. The summed E-state index contributed by atoms with van der Waals surface area (Å²) in [4.78, 5) is 10.3. The number of aliphatic carboxylic acids is 1. The van der Waals surface area contributed by atoms with Crippen LogP contribution in [0.4, 0.5) is 0 Å². The smallest absolute Gasteiger partial charge is 0.303 e. The van der Waals surface area contributed by atoms with Crippen LogP contribution in [0.1, 0.15) is 12.2 Å². The number of aryl methyl sites for hydroxylation is 1. The monoisotopic (exact) mass is 216 g/mol. The number of tetrazole rings is 1. The normalized spacial score (nSPS) is 12.7. The molecule has 0 saturated heterocycles. The average Bonchev–Trinajstić information content (AvgIpc) is 2.62. The van der Waals surface area contributed by atoms with Gasteiger partial charge in [-0.1, -0.05) is 0 Å². The van der Waals surface area contributed by atoms with E-state index < -0.39 is 18.7 Å². The Bertz CT molecular complexity index is 327. The summed E-state index contributed by atoms with van der Waals surface area (Å²) in [6, 6.07) is 0. The first-order valence-electron chi connectivity index (χ1n) is 4.39. The fraction of sp³-hybridized carbons (Fsp3) is 0.714. The maximum Gasteiger partial charge on any atom is 0.303 e. The maximum absolute atomic E-state index is 10.3. The zero-order chi connectivity index (χ0) is 11.3. The van der Waals surface area contributed by atoms with Gasteiger partial charge in [0, 0.05) is 6.42 Å². The predicted molar refractivity (Wildman–Crippen MR) is 46.9 cm³/mol. The van der Waals surface area contributed by atoms with Crippen LogP contribution in [-0.4, -0.2) is 54.2 Å². The number of hydrogen-bond acceptors (Lipinski definition) is 6. The number of aliphatic hydroxyl groups excluding tert-OH is 2. The van der Waals surface area contributed by atoms with Gasteiger partial charge in [-0.2, -0.15) is 0 Å². The molecule has 0 spiro atoms. The molecule has 0 aliphatic rings. The summed E-state index contributed by atoms with van der Waals surface area (Å²) in [5.41, 5.74) is 0. The van der Waals surface area contributed by atoms with E-state index in [2.05, 4.69) is 15.5 Å². The molecule has 0 aromatic carbocycles. The molecule has 0 bridgehead atoms. The van der Waals surface area contributed by atoms with Crippen molar-refractivity contribution in [1.82, 2.24) is 20.2 Å². The molecule has 84 valence electrons. The number of carboxylic acids is 1. The van der Waals surface area contributed by atoms with Crippen LogP contribution in [0, 0.1) is 0 Å². The molecule has 0 amide bonds. The maximum atomic E-state index is 10.3. The first kappa shape index (κ1) is 11.5. The number of aliphatic hydroxyl groups is 2. The number of aromatic nitrogens is 4. The predicted octanol–water partition coefficient (Wildman–Crippen LogP) is -1.96. The Hall–Kier alpha value is -1.54. The third kappa shape index (κ3) is 3.60. The Morgan fingerprint density at radius 3 is 2.87 bits per heavy atom. The third-order valence-corrected chi connectivity index (χ3v) is 1.76. The van der Waals surface area contributed by atoms with Crippen LogP contribution >= 0.6 is 0 Å².